The lowest BCUT2D eigenvalue weighted by molar-refractivity contribution is -0.130. The van der Waals surface area contributed by atoms with Crippen LogP contribution in [-0.2, 0) is 23.9 Å². The molecule has 9 nitrogen and oxygen atoms in total. The predicted molar refractivity (Wildman–Crippen MR) is 170 cm³/mol. The van der Waals surface area contributed by atoms with Crippen LogP contribution in [0.3, 0.4) is 0 Å². The monoisotopic (exact) mass is 607 g/mol. The molecule has 2 aromatic carbocycles. The van der Waals surface area contributed by atoms with E-state index in [0.717, 1.165) is 22.3 Å². The molecule has 0 aromatic heterocycles. The number of nitrogens with one attached hydrogen (secondary N) is 3. The number of benzene rings is 2. The number of hydrogen-bond acceptors (Lipinski definition) is 6. The van der Waals surface area contributed by atoms with E-state index in [1.54, 1.807) is 0 Å². The number of ether oxygens (including phenoxy) is 1. The lowest BCUT2D eigenvalue weighted by Gasteiger charge is -2.23. The summed E-state index contributed by atoms with van der Waals surface area (Å²) in [4.78, 5) is 63.9. The number of carbonyl (C=O) groups is 5. The standard InChI is InChI=1S/C36H37N3O6/c1-4-7-13-25(40)19-20-31(33(41)18-8-5-2)38-35(43)32(21-22-34(42)37-23-6-3)39-36(44)45-24-30-28-16-11-9-14-26(28)27-15-10-12-17-29(27)30/h1-3,9-12,14-17,30-32H,7-8,13,18-24H2,(H,37,42)(H,38,43)(H,39,44)/t31-,32+/m0/s1. The van der Waals surface area contributed by atoms with Gasteiger partial charge in [0.05, 0.1) is 12.6 Å². The van der Waals surface area contributed by atoms with Gasteiger partial charge in [0.2, 0.25) is 11.8 Å². The first-order chi connectivity index (χ1) is 21.8. The molecule has 0 saturated heterocycles. The van der Waals surface area contributed by atoms with E-state index in [1.807, 2.05) is 48.5 Å². The Morgan fingerprint density at radius 3 is 1.96 bits per heavy atom. The quantitative estimate of drug-likeness (QED) is 0.236. The summed E-state index contributed by atoms with van der Waals surface area (Å²) in [5, 5.41) is 7.72. The van der Waals surface area contributed by atoms with Crippen LogP contribution in [0.2, 0.25) is 0 Å². The molecule has 1 aliphatic rings. The summed E-state index contributed by atoms with van der Waals surface area (Å²) in [5.74, 6) is 5.28. The van der Waals surface area contributed by atoms with Crippen molar-refractivity contribution in [2.75, 3.05) is 13.2 Å². The lowest BCUT2D eigenvalue weighted by atomic mass is 9.98. The fraction of sp³-hybridized carbons (Fsp3) is 0.361. The SMILES string of the molecule is C#CCCC(=O)CC[C@H](NC(=O)[C@@H](CCC(=O)NCC#C)NC(=O)OCC1c2ccccc2-c2ccccc21)C(=O)CCC#C. The Hall–Kier alpha value is -5.33. The number of carbonyl (C=O) groups excluding carboxylic acids is 5. The van der Waals surface area contributed by atoms with Gasteiger partial charge in [-0.05, 0) is 35.1 Å². The van der Waals surface area contributed by atoms with Gasteiger partial charge in [0.25, 0.3) is 0 Å². The molecule has 232 valence electrons. The molecule has 0 heterocycles. The first kappa shape index (κ1) is 34.2. The minimum absolute atomic E-state index is 0.00103. The number of Topliss-reactive ketones (excluding diaryl/α,β-unsaturated/α-hetero) is 2. The maximum atomic E-state index is 13.4. The third-order valence-corrected chi connectivity index (χ3v) is 7.48. The Balaban J connectivity index is 1.71. The lowest BCUT2D eigenvalue weighted by Crippen LogP contribution is -2.52. The van der Waals surface area contributed by atoms with E-state index in [1.165, 1.54) is 0 Å². The Morgan fingerprint density at radius 1 is 0.733 bits per heavy atom. The average molecular weight is 608 g/mol. The van der Waals surface area contributed by atoms with Crippen molar-refractivity contribution in [2.24, 2.45) is 0 Å². The van der Waals surface area contributed by atoms with Gasteiger partial charge in [0.1, 0.15) is 18.4 Å². The largest absolute Gasteiger partial charge is 0.449 e. The zero-order chi connectivity index (χ0) is 32.6. The minimum atomic E-state index is -1.22. The van der Waals surface area contributed by atoms with E-state index in [0.29, 0.717) is 0 Å². The molecule has 0 spiro atoms. The smallest absolute Gasteiger partial charge is 0.407 e. The van der Waals surface area contributed by atoms with Gasteiger partial charge in [-0.1, -0.05) is 54.5 Å². The molecule has 2 atom stereocenters. The van der Waals surface area contributed by atoms with Crippen molar-refractivity contribution in [3.63, 3.8) is 0 Å². The first-order valence-electron chi connectivity index (χ1n) is 14.8. The van der Waals surface area contributed by atoms with Gasteiger partial charge in [0, 0.05) is 44.4 Å². The highest BCUT2D eigenvalue weighted by Crippen LogP contribution is 2.44. The molecule has 0 saturated carbocycles. The molecule has 2 aromatic rings. The summed E-state index contributed by atoms with van der Waals surface area (Å²) < 4.78 is 5.61. The van der Waals surface area contributed by atoms with Crippen molar-refractivity contribution in [1.82, 2.24) is 16.0 Å². The molecule has 9 heteroatoms. The van der Waals surface area contributed by atoms with Gasteiger partial charge in [-0.2, -0.15) is 0 Å². The van der Waals surface area contributed by atoms with E-state index in [-0.39, 0.29) is 82.0 Å². The third-order valence-electron chi connectivity index (χ3n) is 7.48. The van der Waals surface area contributed by atoms with Crippen LogP contribution in [0.5, 0.6) is 0 Å². The molecule has 3 rings (SSSR count). The van der Waals surface area contributed by atoms with Gasteiger partial charge in [-0.3, -0.25) is 19.2 Å². The van der Waals surface area contributed by atoms with Crippen molar-refractivity contribution in [3.05, 3.63) is 59.7 Å². The number of fused-ring (bicyclic) bond motifs is 3. The van der Waals surface area contributed by atoms with Crippen LogP contribution < -0.4 is 16.0 Å². The summed E-state index contributed by atoms with van der Waals surface area (Å²) in [7, 11) is 0. The zero-order valence-corrected chi connectivity index (χ0v) is 25.1. The van der Waals surface area contributed by atoms with Gasteiger partial charge in [-0.15, -0.1) is 31.1 Å². The fourth-order valence-electron chi connectivity index (χ4n) is 5.16. The maximum Gasteiger partial charge on any atom is 0.407 e. The van der Waals surface area contributed by atoms with Crippen LogP contribution in [0.25, 0.3) is 11.1 Å². The maximum absolute atomic E-state index is 13.4. The van der Waals surface area contributed by atoms with Crippen molar-refractivity contribution < 1.29 is 28.7 Å². The number of amides is 3. The number of ketones is 2. The van der Waals surface area contributed by atoms with E-state index >= 15 is 0 Å². The Kier molecular flexibility index (Phi) is 13.4. The zero-order valence-electron chi connectivity index (χ0n) is 25.1. The Labute approximate surface area is 264 Å². The van der Waals surface area contributed by atoms with E-state index < -0.39 is 30.0 Å². The number of rotatable bonds is 17. The highest BCUT2D eigenvalue weighted by atomic mass is 16.5. The third kappa shape index (κ3) is 10.1. The number of alkyl carbamates (subject to hydrolysis) is 1. The molecule has 1 aliphatic carbocycles. The van der Waals surface area contributed by atoms with Gasteiger partial charge < -0.3 is 20.7 Å². The predicted octanol–water partition coefficient (Wildman–Crippen LogP) is 3.65. The first-order valence-corrected chi connectivity index (χ1v) is 14.8. The summed E-state index contributed by atoms with van der Waals surface area (Å²) in [5.41, 5.74) is 4.18. The summed E-state index contributed by atoms with van der Waals surface area (Å²) in [6.07, 6.45) is 15.3. The molecule has 0 aliphatic heterocycles. The van der Waals surface area contributed by atoms with E-state index in [9.17, 15) is 24.0 Å². The number of terminal acetylenes is 3. The van der Waals surface area contributed by atoms with Crippen LogP contribution in [0.15, 0.2) is 48.5 Å². The molecule has 0 unspecified atom stereocenters. The Bertz CT molecular complexity index is 1480. The van der Waals surface area contributed by atoms with Crippen LogP contribution in [0, 0.1) is 37.0 Å². The Morgan fingerprint density at radius 2 is 1.33 bits per heavy atom. The minimum Gasteiger partial charge on any atom is -0.449 e. The van der Waals surface area contributed by atoms with Crippen molar-refractivity contribution in [2.45, 2.75) is 69.4 Å². The van der Waals surface area contributed by atoms with Crippen molar-refractivity contribution in [1.29, 1.82) is 0 Å². The highest BCUT2D eigenvalue weighted by Gasteiger charge is 2.31. The molecular formula is C36H37N3O6. The van der Waals surface area contributed by atoms with Gasteiger partial charge in [-0.25, -0.2) is 4.79 Å². The normalized spacial score (nSPS) is 12.6. The fourth-order valence-corrected chi connectivity index (χ4v) is 5.16. The van der Waals surface area contributed by atoms with Gasteiger partial charge in [0.15, 0.2) is 5.78 Å². The second-order valence-corrected chi connectivity index (χ2v) is 10.6. The highest BCUT2D eigenvalue weighted by molar-refractivity contribution is 5.93. The van der Waals surface area contributed by atoms with E-state index in [4.69, 9.17) is 24.0 Å². The molecule has 0 fully saturated rings. The molecule has 3 N–H and O–H groups in total. The molecular weight excluding hydrogens is 570 g/mol. The molecule has 0 bridgehead atoms. The number of hydrogen-bond donors (Lipinski definition) is 3. The topological polar surface area (TPSA) is 131 Å². The second-order valence-electron chi connectivity index (χ2n) is 10.6. The second kappa shape index (κ2) is 17.7. The summed E-state index contributed by atoms with van der Waals surface area (Å²) >= 11 is 0. The molecule has 3 amide bonds. The van der Waals surface area contributed by atoms with Crippen molar-refractivity contribution in [3.8, 4) is 48.2 Å². The van der Waals surface area contributed by atoms with E-state index in [2.05, 4.69) is 33.7 Å². The molecule has 45 heavy (non-hydrogen) atoms. The summed E-state index contributed by atoms with van der Waals surface area (Å²) in [6, 6.07) is 13.5. The average Bonchev–Trinajstić information content (AvgIpc) is 3.37. The van der Waals surface area contributed by atoms with Gasteiger partial charge >= 0.3 is 6.09 Å². The van der Waals surface area contributed by atoms with Crippen LogP contribution >= 0.6 is 0 Å². The van der Waals surface area contributed by atoms with Crippen LogP contribution in [-0.4, -0.2) is 54.7 Å². The molecule has 0 radical (unpaired) electrons. The van der Waals surface area contributed by atoms with Crippen molar-refractivity contribution >= 4 is 29.5 Å². The summed E-state index contributed by atoms with van der Waals surface area (Å²) in [6.45, 7) is 0.0266. The van der Waals surface area contributed by atoms with Crippen LogP contribution in [0.4, 0.5) is 4.79 Å². The van der Waals surface area contributed by atoms with Crippen LogP contribution in [0.1, 0.15) is 68.4 Å².